The minimum absolute atomic E-state index is 0.0727. The molecule has 15 heavy (non-hydrogen) atoms. The van der Waals surface area contributed by atoms with Crippen molar-refractivity contribution in [2.24, 2.45) is 0 Å². The Morgan fingerprint density at radius 2 is 1.73 bits per heavy atom. The van der Waals surface area contributed by atoms with E-state index in [-0.39, 0.29) is 17.7 Å². The summed E-state index contributed by atoms with van der Waals surface area (Å²) in [5.41, 5.74) is 0.128. The molecule has 1 aromatic rings. The fraction of sp³-hybridized carbons (Fsp3) is 0.364. The lowest BCUT2D eigenvalue weighted by molar-refractivity contribution is 0.0985. The summed E-state index contributed by atoms with van der Waals surface area (Å²) in [6.07, 6.45) is 0. The molecule has 0 saturated heterocycles. The number of carbonyl (C=O) groups excluding carboxylic acids is 1. The molecule has 2 nitrogen and oxygen atoms in total. The number of carbonyl (C=O) groups is 1. The number of benzene rings is 1. The SMILES string of the molecule is CNCC(=O)c1c(F)c(C)cc(C)c1F. The largest absolute Gasteiger partial charge is 0.313 e. The Kier molecular flexibility index (Phi) is 3.52. The van der Waals surface area contributed by atoms with Crippen molar-refractivity contribution < 1.29 is 13.6 Å². The Morgan fingerprint density at radius 1 is 1.27 bits per heavy atom. The molecule has 0 unspecified atom stereocenters. The summed E-state index contributed by atoms with van der Waals surface area (Å²) in [6.45, 7) is 2.95. The van der Waals surface area contributed by atoms with Crippen molar-refractivity contribution in [3.63, 3.8) is 0 Å². The van der Waals surface area contributed by atoms with Crippen molar-refractivity contribution in [2.45, 2.75) is 13.8 Å². The first-order chi connectivity index (χ1) is 6.99. The lowest BCUT2D eigenvalue weighted by Crippen LogP contribution is -2.21. The van der Waals surface area contributed by atoms with E-state index in [2.05, 4.69) is 5.32 Å². The molecule has 0 amide bonds. The average Bonchev–Trinajstić information content (AvgIpc) is 2.16. The predicted octanol–water partition coefficient (Wildman–Crippen LogP) is 1.98. The van der Waals surface area contributed by atoms with Crippen LogP contribution in [0.4, 0.5) is 8.78 Å². The van der Waals surface area contributed by atoms with Crippen LogP contribution < -0.4 is 5.32 Å². The maximum Gasteiger partial charge on any atom is 0.182 e. The maximum absolute atomic E-state index is 13.5. The van der Waals surface area contributed by atoms with Crippen LogP contribution in [0.1, 0.15) is 21.5 Å². The van der Waals surface area contributed by atoms with Gasteiger partial charge < -0.3 is 5.32 Å². The van der Waals surface area contributed by atoms with Gasteiger partial charge in [0.05, 0.1) is 12.1 Å². The molecule has 1 aromatic carbocycles. The van der Waals surface area contributed by atoms with Crippen molar-refractivity contribution in [1.82, 2.24) is 5.32 Å². The Bertz CT molecular complexity index is 376. The average molecular weight is 213 g/mol. The smallest absolute Gasteiger partial charge is 0.182 e. The van der Waals surface area contributed by atoms with E-state index in [0.717, 1.165) is 0 Å². The second-order valence-corrected chi connectivity index (χ2v) is 3.47. The lowest BCUT2D eigenvalue weighted by atomic mass is 10.0. The zero-order valence-corrected chi connectivity index (χ0v) is 8.95. The molecule has 0 aliphatic rings. The summed E-state index contributed by atoms with van der Waals surface area (Å²) in [4.78, 5) is 11.4. The van der Waals surface area contributed by atoms with Crippen LogP contribution in [-0.2, 0) is 0 Å². The second-order valence-electron chi connectivity index (χ2n) is 3.47. The highest BCUT2D eigenvalue weighted by atomic mass is 19.1. The molecule has 82 valence electrons. The summed E-state index contributed by atoms with van der Waals surface area (Å²) in [7, 11) is 1.55. The monoisotopic (exact) mass is 213 g/mol. The number of halogens is 2. The van der Waals surface area contributed by atoms with Gasteiger partial charge in [0.1, 0.15) is 11.6 Å². The summed E-state index contributed by atoms with van der Waals surface area (Å²) in [6, 6.07) is 1.39. The Labute approximate surface area is 87.3 Å². The van der Waals surface area contributed by atoms with Gasteiger partial charge in [-0.1, -0.05) is 6.07 Å². The van der Waals surface area contributed by atoms with E-state index in [0.29, 0.717) is 0 Å². The van der Waals surface area contributed by atoms with E-state index >= 15 is 0 Å². The number of likely N-dealkylation sites (N-methyl/N-ethyl adjacent to an activating group) is 1. The molecule has 0 atom stereocenters. The molecule has 0 aromatic heterocycles. The Hall–Kier alpha value is -1.29. The van der Waals surface area contributed by atoms with Crippen LogP contribution in [0.2, 0.25) is 0 Å². The van der Waals surface area contributed by atoms with Gasteiger partial charge in [-0.3, -0.25) is 4.79 Å². The van der Waals surface area contributed by atoms with Gasteiger partial charge in [-0.15, -0.1) is 0 Å². The summed E-state index contributed by atoms with van der Waals surface area (Å²) < 4.78 is 27.1. The van der Waals surface area contributed by atoms with E-state index in [4.69, 9.17) is 0 Å². The zero-order chi connectivity index (χ0) is 11.6. The van der Waals surface area contributed by atoms with Crippen LogP contribution in [-0.4, -0.2) is 19.4 Å². The highest BCUT2D eigenvalue weighted by Gasteiger charge is 2.20. The van der Waals surface area contributed by atoms with Crippen LogP contribution in [0.15, 0.2) is 6.07 Å². The molecule has 0 radical (unpaired) electrons. The van der Waals surface area contributed by atoms with E-state index < -0.39 is 23.0 Å². The number of ketones is 1. The van der Waals surface area contributed by atoms with Gasteiger partial charge in [-0.05, 0) is 32.0 Å². The Balaban J connectivity index is 3.32. The van der Waals surface area contributed by atoms with Crippen LogP contribution in [0.3, 0.4) is 0 Å². The molecule has 4 heteroatoms. The summed E-state index contributed by atoms with van der Waals surface area (Å²) in [5.74, 6) is -2.10. The molecule has 1 rings (SSSR count). The standard InChI is InChI=1S/C11H13F2NO/c1-6-4-7(2)11(13)9(10(6)12)8(15)5-14-3/h4,14H,5H2,1-3H3. The van der Waals surface area contributed by atoms with E-state index in [1.807, 2.05) is 0 Å². The van der Waals surface area contributed by atoms with Crippen molar-refractivity contribution in [3.05, 3.63) is 34.4 Å². The number of rotatable bonds is 3. The molecule has 0 aliphatic heterocycles. The molecule has 0 heterocycles. The molecule has 0 saturated carbocycles. The maximum atomic E-state index is 13.5. The molecule has 0 fully saturated rings. The fourth-order valence-electron chi connectivity index (χ4n) is 1.44. The van der Waals surface area contributed by atoms with Gasteiger partial charge in [0.25, 0.3) is 0 Å². The van der Waals surface area contributed by atoms with Gasteiger partial charge in [0, 0.05) is 0 Å². The topological polar surface area (TPSA) is 29.1 Å². The number of hydrogen-bond acceptors (Lipinski definition) is 2. The number of nitrogens with one attached hydrogen (secondary N) is 1. The quantitative estimate of drug-likeness (QED) is 0.778. The fourth-order valence-corrected chi connectivity index (χ4v) is 1.44. The zero-order valence-electron chi connectivity index (χ0n) is 8.95. The first kappa shape index (κ1) is 11.8. The summed E-state index contributed by atoms with van der Waals surface area (Å²) in [5, 5.41) is 2.58. The predicted molar refractivity (Wildman–Crippen MR) is 54.1 cm³/mol. The van der Waals surface area contributed by atoms with Crippen LogP contribution in [0, 0.1) is 25.5 Å². The van der Waals surface area contributed by atoms with Crippen molar-refractivity contribution in [1.29, 1.82) is 0 Å². The van der Waals surface area contributed by atoms with Gasteiger partial charge >= 0.3 is 0 Å². The van der Waals surface area contributed by atoms with E-state index in [9.17, 15) is 13.6 Å². The van der Waals surface area contributed by atoms with Crippen molar-refractivity contribution in [2.75, 3.05) is 13.6 Å². The van der Waals surface area contributed by atoms with Crippen LogP contribution >= 0.6 is 0 Å². The van der Waals surface area contributed by atoms with Gasteiger partial charge in [-0.2, -0.15) is 0 Å². The van der Waals surface area contributed by atoms with Crippen LogP contribution in [0.5, 0.6) is 0 Å². The molecule has 1 N–H and O–H groups in total. The minimum atomic E-state index is -0.765. The van der Waals surface area contributed by atoms with Gasteiger partial charge in [0.2, 0.25) is 0 Å². The lowest BCUT2D eigenvalue weighted by Gasteiger charge is -2.08. The minimum Gasteiger partial charge on any atom is -0.313 e. The molecular weight excluding hydrogens is 200 g/mol. The van der Waals surface area contributed by atoms with Gasteiger partial charge in [-0.25, -0.2) is 8.78 Å². The molecule has 0 spiro atoms. The first-order valence-electron chi connectivity index (χ1n) is 4.62. The van der Waals surface area contributed by atoms with E-state index in [1.165, 1.54) is 19.9 Å². The van der Waals surface area contributed by atoms with Crippen molar-refractivity contribution >= 4 is 5.78 Å². The first-order valence-corrected chi connectivity index (χ1v) is 4.62. The molecule has 0 bridgehead atoms. The highest BCUT2D eigenvalue weighted by Crippen LogP contribution is 2.20. The van der Waals surface area contributed by atoms with Crippen molar-refractivity contribution in [3.8, 4) is 0 Å². The third kappa shape index (κ3) is 2.21. The Morgan fingerprint density at radius 3 is 2.13 bits per heavy atom. The third-order valence-corrected chi connectivity index (χ3v) is 2.18. The van der Waals surface area contributed by atoms with Crippen LogP contribution in [0.25, 0.3) is 0 Å². The summed E-state index contributed by atoms with van der Waals surface area (Å²) >= 11 is 0. The third-order valence-electron chi connectivity index (χ3n) is 2.18. The number of aryl methyl sites for hydroxylation is 2. The van der Waals surface area contributed by atoms with E-state index in [1.54, 1.807) is 7.05 Å². The molecular formula is C11H13F2NO. The second kappa shape index (κ2) is 4.49. The van der Waals surface area contributed by atoms with Gasteiger partial charge in [0.15, 0.2) is 5.78 Å². The number of hydrogen-bond donors (Lipinski definition) is 1. The highest BCUT2D eigenvalue weighted by molar-refractivity contribution is 5.98. The normalized spacial score (nSPS) is 10.5. The number of Topliss-reactive ketones (excluding diaryl/α,β-unsaturated/α-hetero) is 1. The molecule has 0 aliphatic carbocycles.